The van der Waals surface area contributed by atoms with Crippen LogP contribution in [0.1, 0.15) is 0 Å². The number of para-hydroxylation sites is 2. The summed E-state index contributed by atoms with van der Waals surface area (Å²) >= 11 is 0. The predicted octanol–water partition coefficient (Wildman–Crippen LogP) is 0.337. The van der Waals surface area contributed by atoms with E-state index in [1.54, 1.807) is 18.2 Å². The summed E-state index contributed by atoms with van der Waals surface area (Å²) in [4.78, 5) is 11.8. The van der Waals surface area contributed by atoms with Crippen LogP contribution in [-0.4, -0.2) is 42.5 Å². The number of aliphatic hydroxyl groups is 1. The van der Waals surface area contributed by atoms with Gasteiger partial charge in [-0.1, -0.05) is 12.1 Å². The van der Waals surface area contributed by atoms with Crippen LogP contribution in [0.4, 0.5) is 5.69 Å². The lowest BCUT2D eigenvalue weighted by atomic mass is 10.2. The monoisotopic (exact) mass is 291 g/mol. The van der Waals surface area contributed by atoms with Gasteiger partial charge in [0.1, 0.15) is 17.4 Å². The van der Waals surface area contributed by atoms with Gasteiger partial charge in [-0.15, -0.1) is 0 Å². The van der Waals surface area contributed by atoms with Gasteiger partial charge in [0.15, 0.2) is 0 Å². The Morgan fingerprint density at radius 1 is 1.38 bits per heavy atom. The van der Waals surface area contributed by atoms with E-state index in [1.807, 2.05) is 0 Å². The van der Waals surface area contributed by atoms with Crippen molar-refractivity contribution in [1.29, 1.82) is 5.26 Å². The van der Waals surface area contributed by atoms with Crippen LogP contribution in [0, 0.1) is 11.3 Å². The largest absolute Gasteiger partial charge is 0.506 e. The van der Waals surface area contributed by atoms with Crippen molar-refractivity contribution in [3.05, 3.63) is 36.0 Å². The second-order valence-electron chi connectivity index (χ2n) is 3.93. The molecule has 0 saturated heterocycles. The molecule has 0 aliphatic carbocycles. The Balaban J connectivity index is 2.50. The van der Waals surface area contributed by atoms with E-state index >= 15 is 0 Å². The molecule has 4 N–H and O–H groups in total. The highest BCUT2D eigenvalue weighted by Crippen LogP contribution is 2.21. The molecule has 1 rings (SSSR count). The van der Waals surface area contributed by atoms with Gasteiger partial charge >= 0.3 is 0 Å². The van der Waals surface area contributed by atoms with Crippen LogP contribution in [0.25, 0.3) is 0 Å². The number of benzene rings is 1. The average molecular weight is 291 g/mol. The van der Waals surface area contributed by atoms with Crippen molar-refractivity contribution in [2.24, 2.45) is 0 Å². The predicted molar refractivity (Wildman–Crippen MR) is 76.3 cm³/mol. The van der Waals surface area contributed by atoms with Crippen molar-refractivity contribution in [3.63, 3.8) is 0 Å². The smallest absolute Gasteiger partial charge is 0.267 e. The van der Waals surface area contributed by atoms with Gasteiger partial charge in [0.05, 0.1) is 25.5 Å². The molecule has 1 aromatic rings. The normalized spacial score (nSPS) is 10.8. The van der Waals surface area contributed by atoms with Gasteiger partial charge in [0.25, 0.3) is 5.91 Å². The zero-order valence-corrected chi connectivity index (χ0v) is 11.4. The summed E-state index contributed by atoms with van der Waals surface area (Å²) in [6, 6.07) is 8.01. The summed E-state index contributed by atoms with van der Waals surface area (Å²) in [6.07, 6.45) is 1.28. The number of nitrogens with zero attached hydrogens (tertiary/aromatic N) is 1. The van der Waals surface area contributed by atoms with Crippen LogP contribution in [-0.2, 0) is 9.53 Å². The fourth-order valence-corrected chi connectivity index (χ4v) is 1.39. The Hall–Kier alpha value is -2.56. The molecule has 0 saturated carbocycles. The third kappa shape index (κ3) is 5.95. The number of carbonyl (C=O) groups excluding carboxylic acids is 1. The number of hydrogen-bond acceptors (Lipinski definition) is 6. The molecular formula is C14H17N3O4. The van der Waals surface area contributed by atoms with Crippen molar-refractivity contribution in [2.45, 2.75) is 0 Å². The van der Waals surface area contributed by atoms with Crippen LogP contribution in [0.15, 0.2) is 36.0 Å². The lowest BCUT2D eigenvalue weighted by Crippen LogP contribution is -2.19. The Morgan fingerprint density at radius 3 is 2.81 bits per heavy atom. The van der Waals surface area contributed by atoms with E-state index in [4.69, 9.17) is 15.1 Å². The number of nitriles is 1. The number of phenols is 1. The minimum Gasteiger partial charge on any atom is -0.506 e. The quantitative estimate of drug-likeness (QED) is 0.238. The van der Waals surface area contributed by atoms with Crippen LogP contribution < -0.4 is 10.6 Å². The summed E-state index contributed by atoms with van der Waals surface area (Å²) in [5.41, 5.74) is 0.107. The van der Waals surface area contributed by atoms with E-state index in [9.17, 15) is 9.90 Å². The molecule has 0 aliphatic heterocycles. The molecule has 7 heteroatoms. The first-order chi connectivity index (χ1) is 10.2. The highest BCUT2D eigenvalue weighted by atomic mass is 16.5. The van der Waals surface area contributed by atoms with Gasteiger partial charge in [0, 0.05) is 12.7 Å². The average Bonchev–Trinajstić information content (AvgIpc) is 2.49. The summed E-state index contributed by atoms with van der Waals surface area (Å²) in [5, 5.41) is 32.2. The van der Waals surface area contributed by atoms with Gasteiger partial charge in [-0.2, -0.15) is 5.26 Å². The maximum Gasteiger partial charge on any atom is 0.267 e. The molecule has 1 amide bonds. The number of nitrogens with one attached hydrogen (secondary N) is 2. The number of rotatable bonds is 8. The first-order valence-electron chi connectivity index (χ1n) is 6.30. The van der Waals surface area contributed by atoms with Crippen molar-refractivity contribution >= 4 is 11.6 Å². The summed E-state index contributed by atoms with van der Waals surface area (Å²) in [5.74, 6) is -0.698. The van der Waals surface area contributed by atoms with E-state index in [0.29, 0.717) is 13.2 Å². The molecule has 7 nitrogen and oxygen atoms in total. The van der Waals surface area contributed by atoms with Gasteiger partial charge < -0.3 is 25.6 Å². The fourth-order valence-electron chi connectivity index (χ4n) is 1.39. The molecule has 0 heterocycles. The number of anilines is 1. The van der Waals surface area contributed by atoms with Crippen molar-refractivity contribution in [2.75, 3.05) is 31.7 Å². The van der Waals surface area contributed by atoms with Crippen LogP contribution >= 0.6 is 0 Å². The Kier molecular flexibility index (Phi) is 7.35. The third-order valence-corrected chi connectivity index (χ3v) is 2.39. The molecule has 0 atom stereocenters. The molecule has 0 aromatic heterocycles. The molecule has 0 unspecified atom stereocenters. The standard InChI is InChI=1S/C14H17N3O4/c15-9-11(10-16-5-7-21-8-6-18)14(20)17-12-3-1-2-4-13(12)19/h1-4,10,16,18-19H,5-8H2,(H,17,20)/b11-10-. The van der Waals surface area contributed by atoms with Gasteiger partial charge in [-0.05, 0) is 12.1 Å². The number of carbonyl (C=O) groups is 1. The molecule has 0 aliphatic rings. The molecule has 0 spiro atoms. The highest BCUT2D eigenvalue weighted by Gasteiger charge is 2.10. The molecule has 0 radical (unpaired) electrons. The Morgan fingerprint density at radius 2 is 2.14 bits per heavy atom. The summed E-state index contributed by atoms with van der Waals surface area (Å²) in [6.45, 7) is 0.929. The van der Waals surface area contributed by atoms with E-state index in [2.05, 4.69) is 10.6 Å². The topological polar surface area (TPSA) is 115 Å². The van der Waals surface area contributed by atoms with Crippen molar-refractivity contribution in [3.8, 4) is 11.8 Å². The fraction of sp³-hybridized carbons (Fsp3) is 0.286. The van der Waals surface area contributed by atoms with E-state index in [0.717, 1.165) is 0 Å². The molecule has 21 heavy (non-hydrogen) atoms. The van der Waals surface area contributed by atoms with Crippen molar-refractivity contribution in [1.82, 2.24) is 5.32 Å². The Bertz CT molecular complexity index is 537. The molecule has 1 aromatic carbocycles. The van der Waals surface area contributed by atoms with E-state index < -0.39 is 5.91 Å². The van der Waals surface area contributed by atoms with Crippen LogP contribution in [0.5, 0.6) is 5.75 Å². The zero-order valence-electron chi connectivity index (χ0n) is 11.4. The molecule has 0 fully saturated rings. The van der Waals surface area contributed by atoms with E-state index in [-0.39, 0.29) is 30.2 Å². The number of amides is 1. The third-order valence-electron chi connectivity index (χ3n) is 2.39. The summed E-state index contributed by atoms with van der Waals surface area (Å²) < 4.78 is 5.01. The lowest BCUT2D eigenvalue weighted by molar-refractivity contribution is -0.112. The Labute approximate surface area is 122 Å². The van der Waals surface area contributed by atoms with Gasteiger partial charge in [-0.25, -0.2) is 0 Å². The number of ether oxygens (including phenoxy) is 1. The first-order valence-corrected chi connectivity index (χ1v) is 6.30. The maximum atomic E-state index is 11.8. The SMILES string of the molecule is N#C/C(=C/NCCOCCO)C(=O)Nc1ccccc1O. The number of phenolic OH excluding ortho intramolecular Hbond substituents is 1. The van der Waals surface area contributed by atoms with Crippen molar-refractivity contribution < 1.29 is 19.7 Å². The minimum atomic E-state index is -0.622. The zero-order chi connectivity index (χ0) is 15.5. The first kappa shape index (κ1) is 16.5. The minimum absolute atomic E-state index is 0.0533. The molecule has 0 bridgehead atoms. The maximum absolute atomic E-state index is 11.8. The second kappa shape index (κ2) is 9.36. The molecule has 112 valence electrons. The van der Waals surface area contributed by atoms with Crippen LogP contribution in [0.2, 0.25) is 0 Å². The highest BCUT2D eigenvalue weighted by molar-refractivity contribution is 6.07. The summed E-state index contributed by atoms with van der Waals surface area (Å²) in [7, 11) is 0. The van der Waals surface area contributed by atoms with E-state index in [1.165, 1.54) is 18.3 Å². The number of aliphatic hydroxyl groups excluding tert-OH is 1. The van der Waals surface area contributed by atoms with Gasteiger partial charge in [0.2, 0.25) is 0 Å². The number of hydrogen-bond donors (Lipinski definition) is 4. The number of aromatic hydroxyl groups is 1. The lowest BCUT2D eigenvalue weighted by Gasteiger charge is -2.06. The second-order valence-corrected chi connectivity index (χ2v) is 3.93. The van der Waals surface area contributed by atoms with Crippen LogP contribution in [0.3, 0.4) is 0 Å². The van der Waals surface area contributed by atoms with Gasteiger partial charge in [-0.3, -0.25) is 4.79 Å². The molecular weight excluding hydrogens is 274 g/mol.